The highest BCUT2D eigenvalue weighted by Gasteiger charge is 2.32. The van der Waals surface area contributed by atoms with E-state index in [1.807, 2.05) is 0 Å². The molecule has 0 saturated heterocycles. The minimum Gasteiger partial charge on any atom is -0.369 e. The van der Waals surface area contributed by atoms with E-state index in [9.17, 15) is 9.59 Å². The lowest BCUT2D eigenvalue weighted by Gasteiger charge is -2.17. The number of carbonyl (C=O) groups is 2. The van der Waals surface area contributed by atoms with Gasteiger partial charge in [0.25, 0.3) is 0 Å². The molecule has 13 heavy (non-hydrogen) atoms. The first-order chi connectivity index (χ1) is 6.15. The fraction of sp³-hybridized carbons (Fsp3) is 0.750. The molecule has 0 aliphatic heterocycles. The molecule has 1 rings (SSSR count). The number of amides is 3. The van der Waals surface area contributed by atoms with Crippen LogP contribution in [0.3, 0.4) is 0 Å². The van der Waals surface area contributed by atoms with Gasteiger partial charge in [0.05, 0.1) is 5.92 Å². The number of urea groups is 1. The van der Waals surface area contributed by atoms with E-state index in [0.29, 0.717) is 0 Å². The van der Waals surface area contributed by atoms with Gasteiger partial charge in [-0.2, -0.15) is 0 Å². The molecule has 1 aliphatic rings. The van der Waals surface area contributed by atoms with Crippen molar-refractivity contribution in [2.24, 2.45) is 11.7 Å². The number of nitrogens with one attached hydrogen (secondary N) is 2. The van der Waals surface area contributed by atoms with Crippen LogP contribution in [0.1, 0.15) is 19.3 Å². The largest absolute Gasteiger partial charge is 0.369 e. The highest BCUT2D eigenvalue weighted by atomic mass is 16.2. The van der Waals surface area contributed by atoms with Crippen molar-refractivity contribution in [2.45, 2.75) is 25.3 Å². The molecule has 5 heteroatoms. The molecule has 74 valence electrons. The number of hydrogen-bond acceptors (Lipinski definition) is 2. The van der Waals surface area contributed by atoms with Gasteiger partial charge in [0.1, 0.15) is 0 Å². The molecule has 1 saturated carbocycles. The van der Waals surface area contributed by atoms with Gasteiger partial charge in [-0.25, -0.2) is 4.79 Å². The normalized spacial score (nSPS) is 26.8. The van der Waals surface area contributed by atoms with Crippen LogP contribution in [0.4, 0.5) is 4.79 Å². The molecule has 0 aromatic rings. The van der Waals surface area contributed by atoms with Gasteiger partial charge < -0.3 is 16.4 Å². The first-order valence-electron chi connectivity index (χ1n) is 4.42. The van der Waals surface area contributed by atoms with Gasteiger partial charge >= 0.3 is 6.03 Å². The van der Waals surface area contributed by atoms with E-state index in [2.05, 4.69) is 10.6 Å². The Labute approximate surface area is 77.1 Å². The summed E-state index contributed by atoms with van der Waals surface area (Å²) in [6.07, 6.45) is 2.56. The van der Waals surface area contributed by atoms with Gasteiger partial charge in [-0.1, -0.05) is 6.42 Å². The van der Waals surface area contributed by atoms with Gasteiger partial charge in [0.2, 0.25) is 5.91 Å². The minimum absolute atomic E-state index is 0.0857. The van der Waals surface area contributed by atoms with E-state index >= 15 is 0 Å². The molecular formula is C8H15N3O2. The quantitative estimate of drug-likeness (QED) is 0.545. The van der Waals surface area contributed by atoms with Crippen LogP contribution in [0.15, 0.2) is 0 Å². The number of nitrogens with two attached hydrogens (primary N) is 1. The number of hydrogen-bond donors (Lipinski definition) is 3. The second-order valence-electron chi connectivity index (χ2n) is 3.27. The monoisotopic (exact) mass is 185 g/mol. The summed E-state index contributed by atoms with van der Waals surface area (Å²) in [7, 11) is 1.55. The summed E-state index contributed by atoms with van der Waals surface area (Å²) in [4.78, 5) is 21.9. The fourth-order valence-corrected chi connectivity index (χ4v) is 1.71. The molecular weight excluding hydrogens is 170 g/mol. The van der Waals surface area contributed by atoms with Crippen LogP contribution in [-0.2, 0) is 4.79 Å². The van der Waals surface area contributed by atoms with Crippen LogP contribution in [-0.4, -0.2) is 25.0 Å². The average molecular weight is 185 g/mol. The maximum Gasteiger partial charge on any atom is 0.314 e. The Morgan fingerprint density at radius 2 is 2.08 bits per heavy atom. The second-order valence-corrected chi connectivity index (χ2v) is 3.27. The first-order valence-corrected chi connectivity index (χ1v) is 4.42. The molecule has 0 bridgehead atoms. The Morgan fingerprint density at radius 3 is 2.62 bits per heavy atom. The molecule has 5 nitrogen and oxygen atoms in total. The van der Waals surface area contributed by atoms with E-state index in [0.717, 1.165) is 19.3 Å². The van der Waals surface area contributed by atoms with Gasteiger partial charge in [-0.15, -0.1) is 0 Å². The number of primary amides is 1. The van der Waals surface area contributed by atoms with Gasteiger partial charge in [0, 0.05) is 13.1 Å². The molecule has 0 heterocycles. The van der Waals surface area contributed by atoms with E-state index < -0.39 is 0 Å². The maximum absolute atomic E-state index is 11.0. The van der Waals surface area contributed by atoms with Crippen LogP contribution in [0.25, 0.3) is 0 Å². The number of carbonyl (C=O) groups excluding carboxylic acids is 2. The van der Waals surface area contributed by atoms with E-state index in [1.165, 1.54) is 0 Å². The van der Waals surface area contributed by atoms with E-state index in [-0.39, 0.29) is 23.9 Å². The Kier molecular flexibility index (Phi) is 3.11. The third-order valence-electron chi connectivity index (χ3n) is 2.42. The Bertz CT molecular complexity index is 217. The average Bonchev–Trinajstić information content (AvgIpc) is 2.52. The van der Waals surface area contributed by atoms with Gasteiger partial charge in [0.15, 0.2) is 0 Å². The molecule has 3 amide bonds. The SMILES string of the molecule is CNC(=O)NC1CCCC1C(N)=O. The smallest absolute Gasteiger partial charge is 0.314 e. The molecule has 2 unspecified atom stereocenters. The summed E-state index contributed by atoms with van der Waals surface area (Å²) in [6, 6.07) is -0.337. The third kappa shape index (κ3) is 2.34. The van der Waals surface area contributed by atoms with Gasteiger partial charge in [-0.05, 0) is 12.8 Å². The lowest BCUT2D eigenvalue weighted by atomic mass is 10.0. The van der Waals surface area contributed by atoms with E-state index in [4.69, 9.17) is 5.73 Å². The molecule has 2 atom stereocenters. The predicted molar refractivity (Wildman–Crippen MR) is 47.9 cm³/mol. The van der Waals surface area contributed by atoms with E-state index in [1.54, 1.807) is 7.05 Å². The summed E-state index contributed by atoms with van der Waals surface area (Å²) in [5.74, 6) is -0.517. The maximum atomic E-state index is 11.0. The van der Waals surface area contributed by atoms with Crippen molar-refractivity contribution in [2.75, 3.05) is 7.05 Å². The minimum atomic E-state index is -0.320. The Balaban J connectivity index is 2.48. The fourth-order valence-electron chi connectivity index (χ4n) is 1.71. The summed E-state index contributed by atoms with van der Waals surface area (Å²) in [5.41, 5.74) is 5.19. The van der Waals surface area contributed by atoms with Crippen molar-refractivity contribution in [1.29, 1.82) is 0 Å². The zero-order valence-corrected chi connectivity index (χ0v) is 7.67. The third-order valence-corrected chi connectivity index (χ3v) is 2.42. The Morgan fingerprint density at radius 1 is 1.38 bits per heavy atom. The first kappa shape index (κ1) is 9.83. The van der Waals surface area contributed by atoms with Crippen LogP contribution in [0.2, 0.25) is 0 Å². The van der Waals surface area contributed by atoms with Crippen LogP contribution in [0.5, 0.6) is 0 Å². The number of rotatable bonds is 2. The molecule has 0 aromatic heterocycles. The van der Waals surface area contributed by atoms with Crippen molar-refractivity contribution >= 4 is 11.9 Å². The zero-order valence-electron chi connectivity index (χ0n) is 7.67. The zero-order chi connectivity index (χ0) is 9.84. The molecule has 0 aromatic carbocycles. The molecule has 0 spiro atoms. The molecule has 0 radical (unpaired) electrons. The van der Waals surface area contributed by atoms with Crippen molar-refractivity contribution in [1.82, 2.24) is 10.6 Å². The van der Waals surface area contributed by atoms with Crippen molar-refractivity contribution in [3.8, 4) is 0 Å². The Hall–Kier alpha value is -1.26. The summed E-state index contributed by atoms with van der Waals surface area (Å²) in [5, 5.41) is 5.16. The predicted octanol–water partition coefficient (Wildman–Crippen LogP) is -0.431. The lowest BCUT2D eigenvalue weighted by molar-refractivity contribution is -0.122. The molecule has 4 N–H and O–H groups in total. The highest BCUT2D eigenvalue weighted by molar-refractivity contribution is 5.80. The molecule has 1 aliphatic carbocycles. The lowest BCUT2D eigenvalue weighted by Crippen LogP contribution is -2.45. The van der Waals surface area contributed by atoms with Crippen molar-refractivity contribution in [3.63, 3.8) is 0 Å². The standard InChI is InChI=1S/C8H15N3O2/c1-10-8(13)11-6-4-2-3-5(6)7(9)12/h5-6H,2-4H2,1H3,(H2,9,12)(H2,10,11,13). The van der Waals surface area contributed by atoms with Gasteiger partial charge in [-0.3, -0.25) is 4.79 Å². The van der Waals surface area contributed by atoms with Crippen molar-refractivity contribution in [3.05, 3.63) is 0 Å². The topological polar surface area (TPSA) is 84.2 Å². The highest BCUT2D eigenvalue weighted by Crippen LogP contribution is 2.24. The van der Waals surface area contributed by atoms with Crippen LogP contribution in [0, 0.1) is 5.92 Å². The summed E-state index contributed by atoms with van der Waals surface area (Å²) >= 11 is 0. The molecule has 1 fully saturated rings. The van der Waals surface area contributed by atoms with Crippen molar-refractivity contribution < 1.29 is 9.59 Å². The summed E-state index contributed by atoms with van der Waals surface area (Å²) in [6.45, 7) is 0. The summed E-state index contributed by atoms with van der Waals surface area (Å²) < 4.78 is 0. The second kappa shape index (κ2) is 4.11. The van der Waals surface area contributed by atoms with Crippen LogP contribution >= 0.6 is 0 Å². The van der Waals surface area contributed by atoms with Crippen LogP contribution < -0.4 is 16.4 Å².